The fourth-order valence-corrected chi connectivity index (χ4v) is 2.68. The van der Waals surface area contributed by atoms with Gasteiger partial charge in [0.1, 0.15) is 17.9 Å². The summed E-state index contributed by atoms with van der Waals surface area (Å²) in [6, 6.07) is 3.09. The van der Waals surface area contributed by atoms with E-state index in [1.165, 1.54) is 6.07 Å². The summed E-state index contributed by atoms with van der Waals surface area (Å²) < 4.78 is 33.8. The number of furan rings is 1. The first-order valence-electron chi connectivity index (χ1n) is 6.72. The van der Waals surface area contributed by atoms with Crippen molar-refractivity contribution in [2.24, 2.45) is 0 Å². The van der Waals surface area contributed by atoms with Crippen molar-refractivity contribution in [1.82, 2.24) is 24.8 Å². The maximum absolute atomic E-state index is 12.1. The summed E-state index contributed by atoms with van der Waals surface area (Å²) in [5.41, 5.74) is 0. The number of hydrogen-bond donors (Lipinski definition) is 2. The minimum absolute atomic E-state index is 0.0689. The maximum Gasteiger partial charge on any atom is 0.274 e. The lowest BCUT2D eigenvalue weighted by atomic mass is 10.4. The van der Waals surface area contributed by atoms with E-state index in [2.05, 4.69) is 20.2 Å². The van der Waals surface area contributed by atoms with E-state index < -0.39 is 10.0 Å². The quantitative estimate of drug-likeness (QED) is 0.735. The molecule has 2 N–H and O–H groups in total. The van der Waals surface area contributed by atoms with E-state index in [1.807, 2.05) is 13.8 Å². The molecule has 0 aliphatic rings. The smallest absolute Gasteiger partial charge is 0.274 e. The third-order valence-electron chi connectivity index (χ3n) is 2.91. The molecule has 2 aromatic heterocycles. The van der Waals surface area contributed by atoms with E-state index in [0.29, 0.717) is 24.7 Å². The van der Waals surface area contributed by atoms with Crippen molar-refractivity contribution >= 4 is 10.0 Å². The largest absolute Gasteiger partial charge is 0.447 e. The van der Waals surface area contributed by atoms with Crippen LogP contribution in [0.2, 0.25) is 0 Å². The van der Waals surface area contributed by atoms with Crippen LogP contribution in [0.4, 0.5) is 0 Å². The molecule has 0 spiro atoms. The van der Waals surface area contributed by atoms with Crippen LogP contribution in [0.1, 0.15) is 25.4 Å². The predicted molar refractivity (Wildman–Crippen MR) is 75.8 cm³/mol. The molecule has 2 rings (SSSR count). The molecule has 0 amide bonds. The summed E-state index contributed by atoms with van der Waals surface area (Å²) in [7, 11) is -3.69. The SMILES string of the molecule is CCNCc1ccc(S(=O)(=O)NCc2nncn2CC)o1. The zero-order chi connectivity index (χ0) is 15.3. The highest BCUT2D eigenvalue weighted by Crippen LogP contribution is 2.14. The number of hydrogen-bond acceptors (Lipinski definition) is 6. The molecule has 2 heterocycles. The zero-order valence-corrected chi connectivity index (χ0v) is 12.9. The average Bonchev–Trinajstić information content (AvgIpc) is 3.12. The molecule has 0 fully saturated rings. The number of sulfonamides is 1. The highest BCUT2D eigenvalue weighted by molar-refractivity contribution is 7.89. The van der Waals surface area contributed by atoms with Gasteiger partial charge < -0.3 is 14.3 Å². The van der Waals surface area contributed by atoms with Gasteiger partial charge >= 0.3 is 0 Å². The molecule has 21 heavy (non-hydrogen) atoms. The Morgan fingerprint density at radius 3 is 2.81 bits per heavy atom. The van der Waals surface area contributed by atoms with Gasteiger partial charge in [0.05, 0.1) is 13.1 Å². The molecule has 0 aliphatic heterocycles. The van der Waals surface area contributed by atoms with Crippen LogP contribution in [0.15, 0.2) is 28.0 Å². The van der Waals surface area contributed by atoms with Crippen molar-refractivity contribution in [2.45, 2.75) is 38.6 Å². The average molecular weight is 313 g/mol. The fourth-order valence-electron chi connectivity index (χ4n) is 1.76. The van der Waals surface area contributed by atoms with Crippen LogP contribution in [0.3, 0.4) is 0 Å². The van der Waals surface area contributed by atoms with E-state index in [9.17, 15) is 8.42 Å². The lowest BCUT2D eigenvalue weighted by Gasteiger charge is -2.05. The van der Waals surface area contributed by atoms with Gasteiger partial charge in [0.15, 0.2) is 0 Å². The first-order valence-corrected chi connectivity index (χ1v) is 8.21. The minimum atomic E-state index is -3.69. The van der Waals surface area contributed by atoms with Crippen LogP contribution < -0.4 is 10.0 Å². The summed E-state index contributed by atoms with van der Waals surface area (Å²) >= 11 is 0. The van der Waals surface area contributed by atoms with E-state index in [0.717, 1.165) is 6.54 Å². The summed E-state index contributed by atoms with van der Waals surface area (Å²) in [6.45, 7) is 5.92. The third-order valence-corrected chi connectivity index (χ3v) is 4.18. The van der Waals surface area contributed by atoms with Gasteiger partial charge in [0.25, 0.3) is 10.0 Å². The Hall–Kier alpha value is -1.71. The highest BCUT2D eigenvalue weighted by atomic mass is 32.2. The Morgan fingerprint density at radius 1 is 1.29 bits per heavy atom. The molecule has 9 heteroatoms. The van der Waals surface area contributed by atoms with Gasteiger partial charge in [-0.25, -0.2) is 13.1 Å². The molecule has 0 radical (unpaired) electrons. The fraction of sp³-hybridized carbons (Fsp3) is 0.500. The van der Waals surface area contributed by atoms with Gasteiger partial charge in [0.2, 0.25) is 5.09 Å². The monoisotopic (exact) mass is 313 g/mol. The number of nitrogens with one attached hydrogen (secondary N) is 2. The molecule has 0 unspecified atom stereocenters. The topological polar surface area (TPSA) is 102 Å². The Bertz CT molecular complexity index is 677. The van der Waals surface area contributed by atoms with Gasteiger partial charge in [-0.05, 0) is 25.6 Å². The second kappa shape index (κ2) is 6.83. The van der Waals surface area contributed by atoms with Crippen LogP contribution in [-0.2, 0) is 29.7 Å². The van der Waals surface area contributed by atoms with Gasteiger partial charge in [0, 0.05) is 6.54 Å². The first-order chi connectivity index (χ1) is 10.1. The third kappa shape index (κ3) is 3.90. The van der Waals surface area contributed by atoms with Crippen molar-refractivity contribution in [3.8, 4) is 0 Å². The Labute approximate surface area is 123 Å². The van der Waals surface area contributed by atoms with Crippen LogP contribution in [0.25, 0.3) is 0 Å². The normalized spacial score (nSPS) is 11.9. The Kier molecular flexibility index (Phi) is 5.10. The van der Waals surface area contributed by atoms with Crippen LogP contribution >= 0.6 is 0 Å². The van der Waals surface area contributed by atoms with Gasteiger partial charge in [-0.3, -0.25) is 0 Å². The van der Waals surface area contributed by atoms with Gasteiger partial charge in [-0.2, -0.15) is 0 Å². The molecule has 0 bridgehead atoms. The molecule has 0 aliphatic carbocycles. The molecular weight excluding hydrogens is 294 g/mol. The first kappa shape index (κ1) is 15.7. The molecule has 2 aromatic rings. The number of rotatable bonds is 8. The molecule has 0 aromatic carbocycles. The van der Waals surface area contributed by atoms with E-state index in [-0.39, 0.29) is 11.6 Å². The second-order valence-corrected chi connectivity index (χ2v) is 6.06. The van der Waals surface area contributed by atoms with Crippen molar-refractivity contribution < 1.29 is 12.8 Å². The number of aromatic nitrogens is 3. The zero-order valence-electron chi connectivity index (χ0n) is 12.0. The Balaban J connectivity index is 2.03. The minimum Gasteiger partial charge on any atom is -0.447 e. The lowest BCUT2D eigenvalue weighted by molar-refractivity contribution is 0.401. The summed E-state index contributed by atoms with van der Waals surface area (Å²) in [6.07, 6.45) is 1.56. The number of aryl methyl sites for hydroxylation is 1. The van der Waals surface area contributed by atoms with E-state index >= 15 is 0 Å². The summed E-state index contributed by atoms with van der Waals surface area (Å²) in [4.78, 5) is 0. The van der Waals surface area contributed by atoms with Crippen molar-refractivity contribution in [3.63, 3.8) is 0 Å². The van der Waals surface area contributed by atoms with E-state index in [4.69, 9.17) is 4.42 Å². The van der Waals surface area contributed by atoms with Gasteiger partial charge in [-0.15, -0.1) is 10.2 Å². The lowest BCUT2D eigenvalue weighted by Crippen LogP contribution is -2.24. The molecular formula is C12H19N5O3S. The van der Waals surface area contributed by atoms with Crippen molar-refractivity contribution in [3.05, 3.63) is 30.0 Å². The van der Waals surface area contributed by atoms with Crippen molar-refractivity contribution in [2.75, 3.05) is 6.54 Å². The van der Waals surface area contributed by atoms with Gasteiger partial charge in [-0.1, -0.05) is 6.92 Å². The van der Waals surface area contributed by atoms with Crippen LogP contribution in [0.5, 0.6) is 0 Å². The molecule has 0 atom stereocenters. The maximum atomic E-state index is 12.1. The van der Waals surface area contributed by atoms with Crippen LogP contribution in [-0.4, -0.2) is 29.7 Å². The standard InChI is InChI=1S/C12H19N5O3S/c1-3-13-7-10-5-6-12(20-10)21(18,19)15-8-11-16-14-9-17(11)4-2/h5-6,9,13,15H,3-4,7-8H2,1-2H3. The highest BCUT2D eigenvalue weighted by Gasteiger charge is 2.19. The number of nitrogens with zero attached hydrogens (tertiary/aromatic N) is 3. The van der Waals surface area contributed by atoms with E-state index in [1.54, 1.807) is 17.0 Å². The van der Waals surface area contributed by atoms with Crippen LogP contribution in [0, 0.1) is 0 Å². The molecule has 8 nitrogen and oxygen atoms in total. The summed E-state index contributed by atoms with van der Waals surface area (Å²) in [5, 5.41) is 10.6. The molecule has 0 saturated heterocycles. The molecule has 116 valence electrons. The van der Waals surface area contributed by atoms with Crippen molar-refractivity contribution in [1.29, 1.82) is 0 Å². The molecule has 0 saturated carbocycles. The second-order valence-electron chi connectivity index (χ2n) is 4.36. The Morgan fingerprint density at radius 2 is 2.10 bits per heavy atom. The summed E-state index contributed by atoms with van der Waals surface area (Å²) in [5.74, 6) is 1.13. The predicted octanol–water partition coefficient (Wildman–Crippen LogP) is 0.479.